The van der Waals surface area contributed by atoms with E-state index in [1.807, 2.05) is 23.9 Å². The van der Waals surface area contributed by atoms with Crippen LogP contribution in [-0.4, -0.2) is 30.6 Å². The van der Waals surface area contributed by atoms with Gasteiger partial charge in [-0.3, -0.25) is 4.99 Å². The molecule has 3 nitrogen and oxygen atoms in total. The molecule has 1 aromatic rings. The molecule has 2 rings (SSSR count). The number of nitrogens with one attached hydrogen (secondary N) is 1. The smallest absolute Gasteiger partial charge is 0.156 e. The van der Waals surface area contributed by atoms with E-state index in [-0.39, 0.29) is 0 Å². The van der Waals surface area contributed by atoms with Crippen LogP contribution in [0.1, 0.15) is 25.8 Å². The molecule has 110 valence electrons. The highest BCUT2D eigenvalue weighted by Gasteiger charge is 2.20. The number of amidine groups is 1. The average molecular weight is 292 g/mol. The van der Waals surface area contributed by atoms with Crippen LogP contribution in [0.5, 0.6) is 5.75 Å². The van der Waals surface area contributed by atoms with Gasteiger partial charge in [0.15, 0.2) is 5.17 Å². The Hall–Kier alpha value is -1.16. The summed E-state index contributed by atoms with van der Waals surface area (Å²) in [5, 5.41) is 4.63. The summed E-state index contributed by atoms with van der Waals surface area (Å²) in [7, 11) is 1.70. The fourth-order valence-electron chi connectivity index (χ4n) is 2.34. The molecule has 1 heterocycles. The SMILES string of the molecule is COc1cccc(CCN=C2NC(CC(C)C)CS2)c1. The maximum atomic E-state index is 5.23. The van der Waals surface area contributed by atoms with E-state index in [0.717, 1.165) is 35.6 Å². The van der Waals surface area contributed by atoms with Crippen LogP contribution in [0.15, 0.2) is 29.3 Å². The lowest BCUT2D eigenvalue weighted by Gasteiger charge is -2.11. The van der Waals surface area contributed by atoms with Gasteiger partial charge in [0.25, 0.3) is 0 Å². The fraction of sp³-hybridized carbons (Fsp3) is 0.562. The number of aliphatic imine (C=N–C) groups is 1. The largest absolute Gasteiger partial charge is 0.497 e. The summed E-state index contributed by atoms with van der Waals surface area (Å²) in [5.41, 5.74) is 1.27. The first kappa shape index (κ1) is 15.2. The molecule has 1 atom stereocenters. The quantitative estimate of drug-likeness (QED) is 0.873. The predicted octanol–water partition coefficient (Wildman–Crippen LogP) is 3.34. The number of hydrogen-bond acceptors (Lipinski definition) is 3. The van der Waals surface area contributed by atoms with E-state index in [9.17, 15) is 0 Å². The number of hydrogen-bond donors (Lipinski definition) is 1. The van der Waals surface area contributed by atoms with Crippen molar-refractivity contribution in [2.75, 3.05) is 19.4 Å². The molecule has 0 aliphatic carbocycles. The Balaban J connectivity index is 1.79. The summed E-state index contributed by atoms with van der Waals surface area (Å²) >= 11 is 1.85. The first-order valence-electron chi connectivity index (χ1n) is 7.24. The Labute approximate surface area is 126 Å². The molecule has 1 aromatic carbocycles. The van der Waals surface area contributed by atoms with Crippen LogP contribution >= 0.6 is 11.8 Å². The van der Waals surface area contributed by atoms with Gasteiger partial charge < -0.3 is 10.1 Å². The zero-order valence-electron chi connectivity index (χ0n) is 12.6. The molecule has 1 unspecified atom stereocenters. The molecule has 0 saturated carbocycles. The number of methoxy groups -OCH3 is 1. The van der Waals surface area contributed by atoms with Gasteiger partial charge in [-0.15, -0.1) is 0 Å². The number of ether oxygens (including phenoxy) is 1. The number of thioether (sulfide) groups is 1. The van der Waals surface area contributed by atoms with Crippen molar-refractivity contribution >= 4 is 16.9 Å². The van der Waals surface area contributed by atoms with Gasteiger partial charge >= 0.3 is 0 Å². The summed E-state index contributed by atoms with van der Waals surface area (Å²) in [4.78, 5) is 4.66. The minimum atomic E-state index is 0.593. The van der Waals surface area contributed by atoms with Crippen molar-refractivity contribution < 1.29 is 4.74 Å². The molecule has 1 aliphatic rings. The second-order valence-electron chi connectivity index (χ2n) is 5.57. The molecule has 1 saturated heterocycles. The van der Waals surface area contributed by atoms with Gasteiger partial charge in [0, 0.05) is 18.3 Å². The summed E-state index contributed by atoms with van der Waals surface area (Å²) in [6.07, 6.45) is 2.18. The lowest BCUT2D eigenvalue weighted by molar-refractivity contribution is 0.414. The zero-order valence-corrected chi connectivity index (χ0v) is 13.4. The second kappa shape index (κ2) is 7.58. The number of nitrogens with zero attached hydrogens (tertiary/aromatic N) is 1. The van der Waals surface area contributed by atoms with E-state index < -0.39 is 0 Å². The minimum Gasteiger partial charge on any atom is -0.497 e. The van der Waals surface area contributed by atoms with Gasteiger partial charge in [0.05, 0.1) is 7.11 Å². The molecule has 1 fully saturated rings. The van der Waals surface area contributed by atoms with Gasteiger partial charge in [-0.1, -0.05) is 37.7 Å². The van der Waals surface area contributed by atoms with Crippen LogP contribution in [-0.2, 0) is 6.42 Å². The van der Waals surface area contributed by atoms with Crippen molar-refractivity contribution in [2.45, 2.75) is 32.7 Å². The molecular formula is C16H24N2OS. The predicted molar refractivity (Wildman–Crippen MR) is 87.8 cm³/mol. The molecule has 0 radical (unpaired) electrons. The summed E-state index contributed by atoms with van der Waals surface area (Å²) in [6, 6.07) is 8.80. The molecule has 0 bridgehead atoms. The lowest BCUT2D eigenvalue weighted by Crippen LogP contribution is -2.28. The van der Waals surface area contributed by atoms with E-state index in [1.54, 1.807) is 7.11 Å². The Morgan fingerprint density at radius 1 is 1.45 bits per heavy atom. The van der Waals surface area contributed by atoms with E-state index in [1.165, 1.54) is 12.0 Å². The van der Waals surface area contributed by atoms with Crippen molar-refractivity contribution in [3.8, 4) is 5.75 Å². The van der Waals surface area contributed by atoms with Crippen LogP contribution in [0.25, 0.3) is 0 Å². The molecule has 4 heteroatoms. The second-order valence-corrected chi connectivity index (χ2v) is 6.58. The third-order valence-electron chi connectivity index (χ3n) is 3.29. The highest BCUT2D eigenvalue weighted by molar-refractivity contribution is 8.14. The molecule has 0 spiro atoms. The highest BCUT2D eigenvalue weighted by atomic mass is 32.2. The molecule has 20 heavy (non-hydrogen) atoms. The Morgan fingerprint density at radius 2 is 2.30 bits per heavy atom. The minimum absolute atomic E-state index is 0.593. The molecule has 1 N–H and O–H groups in total. The van der Waals surface area contributed by atoms with E-state index in [0.29, 0.717) is 6.04 Å². The summed E-state index contributed by atoms with van der Waals surface area (Å²) < 4.78 is 5.23. The Kier molecular flexibility index (Phi) is 5.77. The van der Waals surface area contributed by atoms with E-state index in [2.05, 4.69) is 36.3 Å². The van der Waals surface area contributed by atoms with Gasteiger partial charge in [-0.05, 0) is 36.5 Å². The summed E-state index contributed by atoms with van der Waals surface area (Å²) in [6.45, 7) is 5.37. The van der Waals surface area contributed by atoms with Crippen LogP contribution in [0, 0.1) is 5.92 Å². The summed E-state index contributed by atoms with van der Waals surface area (Å²) in [5.74, 6) is 2.81. The average Bonchev–Trinajstić information content (AvgIpc) is 2.86. The van der Waals surface area contributed by atoms with Gasteiger partial charge in [-0.2, -0.15) is 0 Å². The monoisotopic (exact) mass is 292 g/mol. The van der Waals surface area contributed by atoms with Crippen LogP contribution < -0.4 is 10.1 Å². The van der Waals surface area contributed by atoms with E-state index in [4.69, 9.17) is 4.74 Å². The van der Waals surface area contributed by atoms with Crippen molar-refractivity contribution in [1.82, 2.24) is 5.32 Å². The van der Waals surface area contributed by atoms with Gasteiger partial charge in [0.2, 0.25) is 0 Å². The van der Waals surface area contributed by atoms with Gasteiger partial charge in [0.1, 0.15) is 5.75 Å². The van der Waals surface area contributed by atoms with Gasteiger partial charge in [-0.25, -0.2) is 0 Å². The van der Waals surface area contributed by atoms with Crippen LogP contribution in [0.3, 0.4) is 0 Å². The van der Waals surface area contributed by atoms with Crippen LogP contribution in [0.2, 0.25) is 0 Å². The first-order valence-corrected chi connectivity index (χ1v) is 8.22. The van der Waals surface area contributed by atoms with Crippen molar-refractivity contribution in [2.24, 2.45) is 10.9 Å². The maximum absolute atomic E-state index is 5.23. The molecule has 0 amide bonds. The topological polar surface area (TPSA) is 33.6 Å². The number of benzene rings is 1. The maximum Gasteiger partial charge on any atom is 0.156 e. The zero-order chi connectivity index (χ0) is 14.4. The van der Waals surface area contributed by atoms with Crippen molar-refractivity contribution in [3.63, 3.8) is 0 Å². The molecule has 0 aromatic heterocycles. The lowest BCUT2D eigenvalue weighted by atomic mass is 10.1. The third kappa shape index (κ3) is 4.75. The Morgan fingerprint density at radius 3 is 3.05 bits per heavy atom. The number of rotatable bonds is 6. The normalized spacial score (nSPS) is 20.4. The molecular weight excluding hydrogens is 268 g/mol. The van der Waals surface area contributed by atoms with Crippen molar-refractivity contribution in [3.05, 3.63) is 29.8 Å². The Bertz CT molecular complexity index is 460. The van der Waals surface area contributed by atoms with Crippen molar-refractivity contribution in [1.29, 1.82) is 0 Å². The molecule has 1 aliphatic heterocycles. The fourth-order valence-corrected chi connectivity index (χ4v) is 3.35. The van der Waals surface area contributed by atoms with E-state index >= 15 is 0 Å². The van der Waals surface area contributed by atoms with Crippen LogP contribution in [0.4, 0.5) is 0 Å². The standard InChI is InChI=1S/C16H24N2OS/c1-12(2)9-14-11-20-16(18-14)17-8-7-13-5-4-6-15(10-13)19-3/h4-6,10,12,14H,7-9,11H2,1-3H3,(H,17,18). The highest BCUT2D eigenvalue weighted by Crippen LogP contribution is 2.19. The first-order chi connectivity index (χ1) is 9.67. The third-order valence-corrected chi connectivity index (χ3v) is 4.38.